The topological polar surface area (TPSA) is 75.6 Å². The summed E-state index contributed by atoms with van der Waals surface area (Å²) in [6.45, 7) is 0.0233. The maximum Gasteiger partial charge on any atom is 0.310 e. The first-order valence-corrected chi connectivity index (χ1v) is 6.65. The summed E-state index contributed by atoms with van der Waals surface area (Å²) in [5, 5.41) is 11.8. The Balaban J connectivity index is 1.69. The van der Waals surface area contributed by atoms with E-state index in [1.807, 2.05) is 0 Å². The number of carboxylic acid groups (broad SMARTS) is 1. The van der Waals surface area contributed by atoms with Crippen LogP contribution in [0.1, 0.15) is 5.56 Å². The summed E-state index contributed by atoms with van der Waals surface area (Å²) in [7, 11) is 0. The highest BCUT2D eigenvalue weighted by Gasteiger charge is 2.53. The van der Waals surface area contributed by atoms with Gasteiger partial charge in [-0.15, -0.1) is 0 Å². The fraction of sp³-hybridized carbons (Fsp3) is 0.333. The van der Waals surface area contributed by atoms with Gasteiger partial charge in [0.05, 0.1) is 18.1 Å². The van der Waals surface area contributed by atoms with Crippen molar-refractivity contribution in [3.63, 3.8) is 0 Å². The van der Waals surface area contributed by atoms with Crippen molar-refractivity contribution < 1.29 is 23.8 Å². The summed E-state index contributed by atoms with van der Waals surface area (Å²) in [6, 6.07) is 6.12. The maximum absolute atomic E-state index is 13.5. The molecule has 2 aliphatic heterocycles. The van der Waals surface area contributed by atoms with E-state index < -0.39 is 41.7 Å². The van der Waals surface area contributed by atoms with E-state index in [4.69, 9.17) is 4.74 Å². The Hall–Kier alpha value is -2.21. The fourth-order valence-corrected chi connectivity index (χ4v) is 2.86. The van der Waals surface area contributed by atoms with Crippen LogP contribution in [0.25, 0.3) is 0 Å². The van der Waals surface area contributed by atoms with Gasteiger partial charge in [-0.2, -0.15) is 0 Å². The number of benzene rings is 1. The summed E-state index contributed by atoms with van der Waals surface area (Å²) in [4.78, 5) is 23.5. The van der Waals surface area contributed by atoms with Crippen LogP contribution in [0, 0.1) is 17.7 Å². The lowest BCUT2D eigenvalue weighted by molar-refractivity contribution is -0.146. The lowest BCUT2D eigenvalue weighted by Gasteiger charge is -2.21. The molecule has 2 N–H and O–H groups in total. The molecule has 2 aliphatic rings. The van der Waals surface area contributed by atoms with E-state index in [9.17, 15) is 19.1 Å². The second-order valence-electron chi connectivity index (χ2n) is 5.15. The third-order valence-corrected chi connectivity index (χ3v) is 3.90. The molecule has 2 bridgehead atoms. The highest BCUT2D eigenvalue weighted by molar-refractivity contribution is 5.87. The van der Waals surface area contributed by atoms with Crippen LogP contribution >= 0.6 is 0 Å². The first-order chi connectivity index (χ1) is 10.1. The molecule has 1 aromatic rings. The van der Waals surface area contributed by atoms with Crippen LogP contribution in [0.3, 0.4) is 0 Å². The maximum atomic E-state index is 13.5. The average molecular weight is 291 g/mol. The third kappa shape index (κ3) is 2.42. The second-order valence-corrected chi connectivity index (χ2v) is 5.15. The van der Waals surface area contributed by atoms with Gasteiger partial charge in [-0.25, -0.2) is 4.39 Å². The number of ether oxygens (including phenoxy) is 1. The Morgan fingerprint density at radius 1 is 1.19 bits per heavy atom. The first-order valence-electron chi connectivity index (χ1n) is 6.65. The zero-order chi connectivity index (χ0) is 15.0. The number of amides is 1. The van der Waals surface area contributed by atoms with E-state index in [1.165, 1.54) is 6.07 Å². The van der Waals surface area contributed by atoms with Crippen molar-refractivity contribution in [2.24, 2.45) is 11.8 Å². The van der Waals surface area contributed by atoms with E-state index in [2.05, 4.69) is 5.32 Å². The van der Waals surface area contributed by atoms with Gasteiger partial charge in [-0.05, 0) is 6.07 Å². The molecule has 110 valence electrons. The zero-order valence-electron chi connectivity index (χ0n) is 11.0. The lowest BCUT2D eigenvalue weighted by atomic mass is 9.82. The molecule has 1 fully saturated rings. The highest BCUT2D eigenvalue weighted by Crippen LogP contribution is 2.39. The zero-order valence-corrected chi connectivity index (χ0v) is 11.0. The molecule has 0 saturated carbocycles. The summed E-state index contributed by atoms with van der Waals surface area (Å²) in [5.41, 5.74) is 0.359. The predicted octanol–water partition coefficient (Wildman–Crippen LogP) is 1.10. The van der Waals surface area contributed by atoms with Gasteiger partial charge in [-0.1, -0.05) is 30.4 Å². The molecule has 0 aliphatic carbocycles. The number of fused-ring (bicyclic) bond motifs is 2. The van der Waals surface area contributed by atoms with Crippen molar-refractivity contribution in [1.82, 2.24) is 5.32 Å². The molecule has 4 atom stereocenters. The van der Waals surface area contributed by atoms with Gasteiger partial charge in [0.25, 0.3) is 0 Å². The van der Waals surface area contributed by atoms with Crippen molar-refractivity contribution in [2.75, 3.05) is 0 Å². The van der Waals surface area contributed by atoms with E-state index in [1.54, 1.807) is 30.4 Å². The molecule has 1 aromatic carbocycles. The van der Waals surface area contributed by atoms with Gasteiger partial charge in [0.2, 0.25) is 5.91 Å². The number of aliphatic carboxylic acids is 1. The monoisotopic (exact) mass is 291 g/mol. The molecule has 0 aromatic heterocycles. The molecule has 5 nitrogen and oxygen atoms in total. The molecule has 1 amide bonds. The van der Waals surface area contributed by atoms with Crippen LogP contribution in [0.4, 0.5) is 4.39 Å². The molecular formula is C15H14FNO4. The number of carbonyl (C=O) groups excluding carboxylic acids is 1. The van der Waals surface area contributed by atoms with Crippen LogP contribution in [-0.2, 0) is 20.9 Å². The summed E-state index contributed by atoms with van der Waals surface area (Å²) in [6.07, 6.45) is 2.30. The van der Waals surface area contributed by atoms with Crippen LogP contribution in [-0.4, -0.2) is 29.2 Å². The Morgan fingerprint density at radius 2 is 1.86 bits per heavy atom. The minimum atomic E-state index is -1.06. The molecular weight excluding hydrogens is 277 g/mol. The number of nitrogens with one attached hydrogen (secondary N) is 1. The van der Waals surface area contributed by atoms with Gasteiger partial charge >= 0.3 is 5.97 Å². The Bertz CT molecular complexity index is 615. The Labute approximate surface area is 120 Å². The molecule has 6 heteroatoms. The van der Waals surface area contributed by atoms with Crippen molar-refractivity contribution in [1.29, 1.82) is 0 Å². The minimum Gasteiger partial charge on any atom is -0.481 e. The largest absolute Gasteiger partial charge is 0.481 e. The molecule has 0 radical (unpaired) electrons. The lowest BCUT2D eigenvalue weighted by Crippen LogP contribution is -2.42. The summed E-state index contributed by atoms with van der Waals surface area (Å²) in [5.74, 6) is -3.55. The van der Waals surface area contributed by atoms with E-state index in [-0.39, 0.29) is 6.54 Å². The summed E-state index contributed by atoms with van der Waals surface area (Å²) < 4.78 is 18.9. The quantitative estimate of drug-likeness (QED) is 0.814. The Kier molecular flexibility index (Phi) is 3.47. The highest BCUT2D eigenvalue weighted by atomic mass is 19.1. The van der Waals surface area contributed by atoms with Crippen molar-refractivity contribution in [2.45, 2.75) is 18.8 Å². The van der Waals surface area contributed by atoms with Gasteiger partial charge < -0.3 is 15.2 Å². The fourth-order valence-electron chi connectivity index (χ4n) is 2.86. The van der Waals surface area contributed by atoms with Gasteiger partial charge in [0.1, 0.15) is 11.7 Å². The average Bonchev–Trinajstić information content (AvgIpc) is 3.06. The third-order valence-electron chi connectivity index (χ3n) is 3.90. The normalized spacial score (nSPS) is 29.6. The minimum absolute atomic E-state index is 0.0233. The standard InChI is InChI=1S/C15H14FNO4/c16-9-4-2-1-3-8(9)7-17-14(18)12-10-5-6-11(21-10)13(12)15(19)20/h1-6,10-13H,7H2,(H,17,18)(H,19,20)/t10-,11+,12+,13+/m1/s1. The molecule has 21 heavy (non-hydrogen) atoms. The van der Waals surface area contributed by atoms with Gasteiger partial charge in [0, 0.05) is 12.1 Å². The van der Waals surface area contributed by atoms with Gasteiger partial charge in [-0.3, -0.25) is 9.59 Å². The van der Waals surface area contributed by atoms with E-state index in [0.29, 0.717) is 5.56 Å². The van der Waals surface area contributed by atoms with Gasteiger partial charge in [0.15, 0.2) is 0 Å². The molecule has 1 saturated heterocycles. The van der Waals surface area contributed by atoms with Crippen molar-refractivity contribution in [3.8, 4) is 0 Å². The van der Waals surface area contributed by atoms with Crippen LogP contribution in [0.15, 0.2) is 36.4 Å². The van der Waals surface area contributed by atoms with Crippen LogP contribution in [0.5, 0.6) is 0 Å². The molecule has 3 rings (SSSR count). The number of hydrogen-bond donors (Lipinski definition) is 2. The number of hydrogen-bond acceptors (Lipinski definition) is 3. The number of carboxylic acids is 1. The van der Waals surface area contributed by atoms with E-state index in [0.717, 1.165) is 0 Å². The van der Waals surface area contributed by atoms with Crippen molar-refractivity contribution in [3.05, 3.63) is 47.8 Å². The molecule has 0 unspecified atom stereocenters. The second kappa shape index (κ2) is 5.29. The van der Waals surface area contributed by atoms with Crippen LogP contribution < -0.4 is 5.32 Å². The van der Waals surface area contributed by atoms with Crippen LogP contribution in [0.2, 0.25) is 0 Å². The first kappa shape index (κ1) is 13.8. The number of rotatable bonds is 4. The number of carbonyl (C=O) groups is 2. The number of halogens is 1. The SMILES string of the molecule is O=C(O)[C@@H]1[C@@H](C(=O)NCc2ccccc2F)[C@H]2C=C[C@@H]1O2. The molecule has 0 spiro atoms. The van der Waals surface area contributed by atoms with E-state index >= 15 is 0 Å². The smallest absolute Gasteiger partial charge is 0.310 e. The van der Waals surface area contributed by atoms with Crippen molar-refractivity contribution >= 4 is 11.9 Å². The molecule has 2 heterocycles. The predicted molar refractivity (Wildman–Crippen MR) is 70.7 cm³/mol. The Morgan fingerprint density at radius 3 is 2.52 bits per heavy atom. The summed E-state index contributed by atoms with van der Waals surface area (Å²) >= 11 is 0.